The molecule has 156 valence electrons. The van der Waals surface area contributed by atoms with Crippen molar-refractivity contribution in [3.8, 4) is 11.4 Å². The van der Waals surface area contributed by atoms with Gasteiger partial charge in [-0.2, -0.15) is 4.98 Å². The number of aryl methyl sites for hydroxylation is 2. The zero-order chi connectivity index (χ0) is 21.1. The number of carbonyl (C=O) groups is 1. The molecule has 1 amide bonds. The van der Waals surface area contributed by atoms with Crippen LogP contribution in [0.4, 0.5) is 0 Å². The van der Waals surface area contributed by atoms with E-state index in [2.05, 4.69) is 15.1 Å². The zero-order valence-electron chi connectivity index (χ0n) is 16.5. The van der Waals surface area contributed by atoms with E-state index in [4.69, 9.17) is 8.94 Å². The molecule has 30 heavy (non-hydrogen) atoms. The van der Waals surface area contributed by atoms with Gasteiger partial charge in [0, 0.05) is 18.7 Å². The Morgan fingerprint density at radius 1 is 1.27 bits per heavy atom. The maximum atomic E-state index is 12.9. The SMILES string of the molecule is Cc1cccc(-c2noc(C3CCS(=O)(=O)C34CN(C(=O)c3ocnc3C)C4)n2)c1. The standard InChI is InChI=1S/C20H20N4O5S/c1-12-4-3-5-14(8-12)17-22-18(29-23-17)15-6-7-30(26,27)20(15)9-24(10-20)19(25)16-13(2)21-11-28-16/h3-5,8,11,15H,6-7,9-10H2,1-2H3. The molecule has 5 rings (SSSR count). The Balaban J connectivity index is 1.43. The molecule has 2 aromatic heterocycles. The highest BCUT2D eigenvalue weighted by atomic mass is 32.2. The minimum Gasteiger partial charge on any atom is -0.438 e. The van der Waals surface area contributed by atoms with Gasteiger partial charge in [0.1, 0.15) is 4.75 Å². The number of nitrogens with zero attached hydrogens (tertiary/aromatic N) is 4. The molecule has 1 atom stereocenters. The van der Waals surface area contributed by atoms with Crippen LogP contribution in [0.1, 0.15) is 40.0 Å². The first-order valence-electron chi connectivity index (χ1n) is 9.63. The normalized spacial score (nSPS) is 21.7. The van der Waals surface area contributed by atoms with Gasteiger partial charge in [-0.1, -0.05) is 28.9 Å². The Labute approximate surface area is 173 Å². The van der Waals surface area contributed by atoms with Gasteiger partial charge in [-0.05, 0) is 26.3 Å². The molecule has 0 aliphatic carbocycles. The maximum absolute atomic E-state index is 12.9. The summed E-state index contributed by atoms with van der Waals surface area (Å²) in [6.07, 6.45) is 1.60. The second kappa shape index (κ2) is 6.49. The number of hydrogen-bond donors (Lipinski definition) is 0. The second-order valence-corrected chi connectivity index (χ2v) is 10.4. The molecular formula is C20H20N4O5S. The molecule has 9 nitrogen and oxygen atoms in total. The van der Waals surface area contributed by atoms with Gasteiger partial charge in [-0.3, -0.25) is 4.79 Å². The topological polar surface area (TPSA) is 119 Å². The molecule has 2 aliphatic rings. The van der Waals surface area contributed by atoms with Crippen molar-refractivity contribution in [2.45, 2.75) is 30.9 Å². The van der Waals surface area contributed by atoms with Gasteiger partial charge in [0.05, 0.1) is 17.4 Å². The molecular weight excluding hydrogens is 408 g/mol. The zero-order valence-corrected chi connectivity index (χ0v) is 17.3. The molecule has 0 saturated carbocycles. The molecule has 1 unspecified atom stereocenters. The van der Waals surface area contributed by atoms with Crippen molar-refractivity contribution in [1.82, 2.24) is 20.0 Å². The second-order valence-electron chi connectivity index (χ2n) is 7.98. The Morgan fingerprint density at radius 3 is 2.77 bits per heavy atom. The van der Waals surface area contributed by atoms with Gasteiger partial charge in [-0.25, -0.2) is 13.4 Å². The largest absolute Gasteiger partial charge is 0.438 e. The van der Waals surface area contributed by atoms with Gasteiger partial charge in [0.2, 0.25) is 17.5 Å². The predicted molar refractivity (Wildman–Crippen MR) is 105 cm³/mol. The molecule has 4 heterocycles. The molecule has 0 N–H and O–H groups in total. The van der Waals surface area contributed by atoms with Gasteiger partial charge >= 0.3 is 0 Å². The van der Waals surface area contributed by atoms with Crippen molar-refractivity contribution < 1.29 is 22.2 Å². The summed E-state index contributed by atoms with van der Waals surface area (Å²) in [5.41, 5.74) is 2.35. The van der Waals surface area contributed by atoms with Gasteiger partial charge in [0.15, 0.2) is 16.2 Å². The Hall–Kier alpha value is -3.01. The van der Waals surface area contributed by atoms with E-state index in [0.717, 1.165) is 11.1 Å². The van der Waals surface area contributed by atoms with Gasteiger partial charge < -0.3 is 13.8 Å². The van der Waals surface area contributed by atoms with Gasteiger partial charge in [0.25, 0.3) is 5.91 Å². The maximum Gasteiger partial charge on any atom is 0.291 e. The summed E-state index contributed by atoms with van der Waals surface area (Å²) in [5, 5.41) is 4.07. The van der Waals surface area contributed by atoms with Crippen LogP contribution in [-0.4, -0.2) is 57.9 Å². The molecule has 0 bridgehead atoms. The first kappa shape index (κ1) is 19.0. The van der Waals surface area contributed by atoms with Gasteiger partial charge in [-0.15, -0.1) is 0 Å². The lowest BCUT2D eigenvalue weighted by Gasteiger charge is -2.48. The average molecular weight is 428 g/mol. The lowest BCUT2D eigenvalue weighted by molar-refractivity contribution is 0.0471. The van der Waals surface area contributed by atoms with E-state index in [9.17, 15) is 13.2 Å². The number of aromatic nitrogens is 3. The summed E-state index contributed by atoms with van der Waals surface area (Å²) >= 11 is 0. The minimum atomic E-state index is -3.42. The lowest BCUT2D eigenvalue weighted by Crippen LogP contribution is -2.67. The lowest BCUT2D eigenvalue weighted by atomic mass is 9.83. The summed E-state index contributed by atoms with van der Waals surface area (Å²) in [6.45, 7) is 3.79. The van der Waals surface area contributed by atoms with Crippen molar-refractivity contribution in [2.75, 3.05) is 18.8 Å². The molecule has 0 radical (unpaired) electrons. The summed E-state index contributed by atoms with van der Waals surface area (Å²) in [7, 11) is -3.42. The average Bonchev–Trinajstić information content (AvgIpc) is 3.37. The van der Waals surface area contributed by atoms with E-state index in [-0.39, 0.29) is 30.5 Å². The third-order valence-corrected chi connectivity index (χ3v) is 8.64. The van der Waals surface area contributed by atoms with Crippen LogP contribution in [0.2, 0.25) is 0 Å². The number of oxazole rings is 1. The van der Waals surface area contributed by atoms with Crippen LogP contribution >= 0.6 is 0 Å². The number of amides is 1. The van der Waals surface area contributed by atoms with E-state index in [1.807, 2.05) is 31.2 Å². The van der Waals surface area contributed by atoms with Crippen molar-refractivity contribution in [2.24, 2.45) is 0 Å². The smallest absolute Gasteiger partial charge is 0.291 e. The predicted octanol–water partition coefficient (Wildman–Crippen LogP) is 2.14. The number of benzene rings is 1. The highest BCUT2D eigenvalue weighted by Crippen LogP contribution is 2.50. The third-order valence-electron chi connectivity index (χ3n) is 6.09. The number of carbonyl (C=O) groups excluding carboxylic acids is 1. The molecule has 2 aliphatic heterocycles. The summed E-state index contributed by atoms with van der Waals surface area (Å²) in [6, 6.07) is 7.70. The monoisotopic (exact) mass is 428 g/mol. The Bertz CT molecular complexity index is 1240. The van der Waals surface area contributed by atoms with Crippen molar-refractivity contribution in [3.05, 3.63) is 53.6 Å². The van der Waals surface area contributed by atoms with E-state index in [0.29, 0.717) is 23.8 Å². The third kappa shape index (κ3) is 2.70. The van der Waals surface area contributed by atoms with E-state index >= 15 is 0 Å². The van der Waals surface area contributed by atoms with Crippen LogP contribution in [0.15, 0.2) is 39.6 Å². The first-order chi connectivity index (χ1) is 14.3. The van der Waals surface area contributed by atoms with Crippen molar-refractivity contribution in [1.29, 1.82) is 0 Å². The molecule has 1 spiro atoms. The van der Waals surface area contributed by atoms with E-state index in [1.165, 1.54) is 11.3 Å². The van der Waals surface area contributed by atoms with Crippen molar-refractivity contribution >= 4 is 15.7 Å². The molecule has 10 heteroatoms. The quantitative estimate of drug-likeness (QED) is 0.622. The van der Waals surface area contributed by atoms with E-state index < -0.39 is 20.5 Å². The van der Waals surface area contributed by atoms with Crippen LogP contribution in [0.5, 0.6) is 0 Å². The highest BCUT2D eigenvalue weighted by Gasteiger charge is 2.64. The fourth-order valence-electron chi connectivity index (χ4n) is 4.39. The Morgan fingerprint density at radius 2 is 2.07 bits per heavy atom. The first-order valence-corrected chi connectivity index (χ1v) is 11.3. The molecule has 1 aromatic carbocycles. The Kier molecular flexibility index (Phi) is 4.11. The molecule has 3 aromatic rings. The van der Waals surface area contributed by atoms with Crippen molar-refractivity contribution in [3.63, 3.8) is 0 Å². The molecule has 2 fully saturated rings. The fourth-order valence-corrected chi connectivity index (χ4v) is 6.70. The number of rotatable bonds is 3. The van der Waals surface area contributed by atoms with Crippen LogP contribution in [-0.2, 0) is 9.84 Å². The highest BCUT2D eigenvalue weighted by molar-refractivity contribution is 7.93. The minimum absolute atomic E-state index is 0.0309. The number of hydrogen-bond acceptors (Lipinski definition) is 8. The summed E-state index contributed by atoms with van der Waals surface area (Å²) < 4.78 is 35.4. The molecule has 2 saturated heterocycles. The fraction of sp³-hybridized carbons (Fsp3) is 0.400. The van der Waals surface area contributed by atoms with E-state index in [1.54, 1.807) is 6.92 Å². The summed E-state index contributed by atoms with van der Waals surface area (Å²) in [4.78, 5) is 22.6. The van der Waals surface area contributed by atoms with Crippen LogP contribution < -0.4 is 0 Å². The number of sulfone groups is 1. The summed E-state index contributed by atoms with van der Waals surface area (Å²) in [5.74, 6) is 0.0869. The van der Waals surface area contributed by atoms with Crippen LogP contribution in [0.3, 0.4) is 0 Å². The van der Waals surface area contributed by atoms with Crippen LogP contribution in [0.25, 0.3) is 11.4 Å². The van der Waals surface area contributed by atoms with Crippen LogP contribution in [0, 0.1) is 13.8 Å². The number of likely N-dealkylation sites (tertiary alicyclic amines) is 1.